The first-order valence-corrected chi connectivity index (χ1v) is 7.96. The maximum Gasteiger partial charge on any atom is 0.272 e. The molecule has 0 atom stereocenters. The van der Waals surface area contributed by atoms with Gasteiger partial charge in [-0.25, -0.2) is 4.68 Å². The molecule has 6 nitrogen and oxygen atoms in total. The number of hydrazine groups is 1. The van der Waals surface area contributed by atoms with Gasteiger partial charge in [0.25, 0.3) is 11.8 Å². The number of para-hydroxylation sites is 1. The van der Waals surface area contributed by atoms with E-state index >= 15 is 0 Å². The number of carbonyl (C=O) groups excluding carboxylic acids is 2. The molecule has 0 radical (unpaired) electrons. The van der Waals surface area contributed by atoms with E-state index in [0.29, 0.717) is 10.6 Å². The van der Waals surface area contributed by atoms with Crippen LogP contribution in [-0.4, -0.2) is 21.6 Å². The van der Waals surface area contributed by atoms with Crippen molar-refractivity contribution < 1.29 is 9.59 Å². The van der Waals surface area contributed by atoms with Gasteiger partial charge < -0.3 is 0 Å². The molecule has 0 aliphatic carbocycles. The van der Waals surface area contributed by atoms with Gasteiger partial charge in [0.05, 0.1) is 28.0 Å². The Morgan fingerprint density at radius 3 is 2.44 bits per heavy atom. The summed E-state index contributed by atoms with van der Waals surface area (Å²) in [6.07, 6.45) is 2.96. The Hall–Kier alpha value is -2.83. The molecule has 3 rings (SSSR count). The Kier molecular flexibility index (Phi) is 5.02. The SMILES string of the molecule is O=C(NNC(=O)c1cc(Cl)ccc1Cl)c1cnn(-c2ccccc2)c1. The Morgan fingerprint density at radius 2 is 1.68 bits per heavy atom. The summed E-state index contributed by atoms with van der Waals surface area (Å²) < 4.78 is 1.56. The van der Waals surface area contributed by atoms with Crippen molar-refractivity contribution in [2.24, 2.45) is 0 Å². The van der Waals surface area contributed by atoms with Crippen molar-refractivity contribution in [2.45, 2.75) is 0 Å². The molecule has 0 fully saturated rings. The van der Waals surface area contributed by atoms with Crippen molar-refractivity contribution in [1.82, 2.24) is 20.6 Å². The molecule has 3 aromatic rings. The molecule has 0 unspecified atom stereocenters. The van der Waals surface area contributed by atoms with E-state index in [-0.39, 0.29) is 10.6 Å². The van der Waals surface area contributed by atoms with Crippen molar-refractivity contribution in [1.29, 1.82) is 0 Å². The van der Waals surface area contributed by atoms with Gasteiger partial charge in [0.15, 0.2) is 0 Å². The summed E-state index contributed by atoms with van der Waals surface area (Å²) in [7, 11) is 0. The van der Waals surface area contributed by atoms with Crippen LogP contribution in [-0.2, 0) is 0 Å². The van der Waals surface area contributed by atoms with Crippen molar-refractivity contribution in [2.75, 3.05) is 0 Å². The molecule has 25 heavy (non-hydrogen) atoms. The quantitative estimate of drug-likeness (QED) is 0.690. The molecule has 2 aromatic carbocycles. The molecular weight excluding hydrogens is 363 g/mol. The maximum atomic E-state index is 12.1. The first-order valence-electron chi connectivity index (χ1n) is 7.20. The molecule has 0 spiro atoms. The van der Waals surface area contributed by atoms with Crippen molar-refractivity contribution in [3.8, 4) is 5.69 Å². The van der Waals surface area contributed by atoms with Crippen LogP contribution in [0.5, 0.6) is 0 Å². The Bertz CT molecular complexity index is 925. The van der Waals surface area contributed by atoms with Crippen LogP contribution in [0.1, 0.15) is 20.7 Å². The summed E-state index contributed by atoms with van der Waals surface area (Å²) in [4.78, 5) is 24.2. The van der Waals surface area contributed by atoms with Crippen LogP contribution >= 0.6 is 23.2 Å². The fraction of sp³-hybridized carbons (Fsp3) is 0. The second-order valence-corrected chi connectivity index (χ2v) is 5.89. The molecule has 0 aliphatic heterocycles. The third kappa shape index (κ3) is 3.99. The van der Waals surface area contributed by atoms with Crippen LogP contribution in [0.2, 0.25) is 10.0 Å². The lowest BCUT2D eigenvalue weighted by molar-refractivity contribution is 0.0846. The first kappa shape index (κ1) is 17.0. The Morgan fingerprint density at radius 1 is 0.960 bits per heavy atom. The van der Waals surface area contributed by atoms with Gasteiger partial charge >= 0.3 is 0 Å². The van der Waals surface area contributed by atoms with E-state index < -0.39 is 11.8 Å². The molecule has 1 heterocycles. The number of amides is 2. The number of rotatable bonds is 3. The number of benzene rings is 2. The predicted molar refractivity (Wildman–Crippen MR) is 95.0 cm³/mol. The largest absolute Gasteiger partial charge is 0.272 e. The average molecular weight is 375 g/mol. The molecule has 0 saturated heterocycles. The highest BCUT2D eigenvalue weighted by Gasteiger charge is 2.14. The normalized spacial score (nSPS) is 10.3. The standard InChI is InChI=1S/C17H12Cl2N4O2/c18-12-6-7-15(19)14(8-12)17(25)22-21-16(24)11-9-20-23(10-11)13-4-2-1-3-5-13/h1-10H,(H,21,24)(H,22,25). The number of carbonyl (C=O) groups is 2. The van der Waals surface area contributed by atoms with E-state index in [0.717, 1.165) is 5.69 Å². The lowest BCUT2D eigenvalue weighted by Gasteiger charge is -2.08. The number of hydrogen-bond acceptors (Lipinski definition) is 3. The molecule has 0 bridgehead atoms. The Balaban J connectivity index is 1.66. The smallest absolute Gasteiger partial charge is 0.267 e. The fourth-order valence-corrected chi connectivity index (χ4v) is 2.46. The van der Waals surface area contributed by atoms with Crippen LogP contribution in [0.15, 0.2) is 60.9 Å². The topological polar surface area (TPSA) is 76.0 Å². The molecule has 126 valence electrons. The lowest BCUT2D eigenvalue weighted by Crippen LogP contribution is -2.41. The van der Waals surface area contributed by atoms with Crippen molar-refractivity contribution in [3.63, 3.8) is 0 Å². The lowest BCUT2D eigenvalue weighted by atomic mass is 10.2. The first-order chi connectivity index (χ1) is 12.0. The number of nitrogens with zero attached hydrogens (tertiary/aromatic N) is 2. The van der Waals surface area contributed by atoms with Gasteiger partial charge in [-0.1, -0.05) is 41.4 Å². The van der Waals surface area contributed by atoms with Crippen LogP contribution in [0.3, 0.4) is 0 Å². The van der Waals surface area contributed by atoms with E-state index in [4.69, 9.17) is 23.2 Å². The van der Waals surface area contributed by atoms with Gasteiger partial charge in [-0.3, -0.25) is 20.4 Å². The van der Waals surface area contributed by atoms with Gasteiger partial charge in [0.1, 0.15) is 0 Å². The summed E-state index contributed by atoms with van der Waals surface area (Å²) in [6, 6.07) is 13.8. The second-order valence-electron chi connectivity index (χ2n) is 5.04. The summed E-state index contributed by atoms with van der Waals surface area (Å²) in [6.45, 7) is 0. The van der Waals surface area contributed by atoms with Crippen LogP contribution in [0.4, 0.5) is 0 Å². The van der Waals surface area contributed by atoms with Crippen molar-refractivity contribution in [3.05, 3.63) is 82.1 Å². The van der Waals surface area contributed by atoms with Gasteiger partial charge in [-0.15, -0.1) is 0 Å². The second kappa shape index (κ2) is 7.38. The average Bonchev–Trinajstić information content (AvgIpc) is 3.12. The van der Waals surface area contributed by atoms with Crippen LogP contribution in [0, 0.1) is 0 Å². The molecule has 8 heteroatoms. The Labute approximate surface area is 153 Å². The van der Waals surface area contributed by atoms with Gasteiger partial charge in [0.2, 0.25) is 0 Å². The zero-order valence-electron chi connectivity index (χ0n) is 12.7. The number of halogens is 2. The highest BCUT2D eigenvalue weighted by atomic mass is 35.5. The fourth-order valence-electron chi connectivity index (χ4n) is 2.09. The summed E-state index contributed by atoms with van der Waals surface area (Å²) in [5, 5.41) is 4.72. The van der Waals surface area contributed by atoms with E-state index in [1.807, 2.05) is 30.3 Å². The molecular formula is C17H12Cl2N4O2. The molecule has 2 amide bonds. The van der Waals surface area contributed by atoms with Gasteiger partial charge in [-0.05, 0) is 30.3 Å². The minimum atomic E-state index is -0.573. The zero-order chi connectivity index (χ0) is 17.8. The summed E-state index contributed by atoms with van der Waals surface area (Å²) in [5.41, 5.74) is 5.88. The number of aromatic nitrogens is 2. The third-order valence-electron chi connectivity index (χ3n) is 3.33. The minimum Gasteiger partial charge on any atom is -0.267 e. The maximum absolute atomic E-state index is 12.1. The van der Waals surface area contributed by atoms with Gasteiger partial charge in [-0.2, -0.15) is 5.10 Å². The summed E-state index contributed by atoms with van der Waals surface area (Å²) >= 11 is 11.8. The van der Waals surface area contributed by atoms with E-state index in [2.05, 4.69) is 16.0 Å². The highest BCUT2D eigenvalue weighted by molar-refractivity contribution is 6.35. The van der Waals surface area contributed by atoms with E-state index in [1.54, 1.807) is 16.9 Å². The zero-order valence-corrected chi connectivity index (χ0v) is 14.3. The number of hydrogen-bond donors (Lipinski definition) is 2. The highest BCUT2D eigenvalue weighted by Crippen LogP contribution is 2.20. The monoisotopic (exact) mass is 374 g/mol. The van der Waals surface area contributed by atoms with Gasteiger partial charge in [0, 0.05) is 11.2 Å². The third-order valence-corrected chi connectivity index (χ3v) is 3.89. The molecule has 1 aromatic heterocycles. The molecule has 0 aliphatic rings. The van der Waals surface area contributed by atoms with Crippen molar-refractivity contribution >= 4 is 35.0 Å². The molecule has 0 saturated carbocycles. The molecule has 2 N–H and O–H groups in total. The predicted octanol–water partition coefficient (Wildman–Crippen LogP) is 3.25. The minimum absolute atomic E-state index is 0.162. The van der Waals surface area contributed by atoms with E-state index in [1.165, 1.54) is 18.3 Å². The van der Waals surface area contributed by atoms with Crippen LogP contribution in [0.25, 0.3) is 5.69 Å². The van der Waals surface area contributed by atoms with Crippen LogP contribution < -0.4 is 10.9 Å². The summed E-state index contributed by atoms with van der Waals surface area (Å²) in [5.74, 6) is -1.08. The number of nitrogens with one attached hydrogen (secondary N) is 2. The van der Waals surface area contributed by atoms with E-state index in [9.17, 15) is 9.59 Å².